The number of anilines is 1. The predicted molar refractivity (Wildman–Crippen MR) is 129 cm³/mol. The van der Waals surface area contributed by atoms with E-state index in [9.17, 15) is 13.2 Å². The van der Waals surface area contributed by atoms with Crippen molar-refractivity contribution in [3.63, 3.8) is 0 Å². The Bertz CT molecular complexity index is 911. The molecule has 0 spiro atoms. The van der Waals surface area contributed by atoms with Gasteiger partial charge in [-0.05, 0) is 63.8 Å². The molecule has 3 fully saturated rings. The number of morpholine rings is 1. The van der Waals surface area contributed by atoms with E-state index in [0.717, 1.165) is 51.1 Å². The Morgan fingerprint density at radius 1 is 1.06 bits per heavy atom. The standard InChI is InChI=1S/C24H38N4O4S/c1-20-7-2-3-11-26(20)14-6-10-25-24(29)22-19-21(8-9-23(22)27-12-4-5-13-27)33(30,31)28-15-17-32-18-16-28/h8-9,19-20H,2-7,10-18H2,1H3,(H,25,29). The molecule has 0 radical (unpaired) electrons. The zero-order valence-electron chi connectivity index (χ0n) is 19.8. The molecule has 0 aliphatic carbocycles. The van der Waals surface area contributed by atoms with E-state index < -0.39 is 10.0 Å². The molecule has 1 unspecified atom stereocenters. The first-order valence-electron chi connectivity index (χ1n) is 12.5. The number of piperidine rings is 1. The van der Waals surface area contributed by atoms with Crippen molar-refractivity contribution in [3.05, 3.63) is 23.8 Å². The highest BCUT2D eigenvalue weighted by molar-refractivity contribution is 7.89. The lowest BCUT2D eigenvalue weighted by Gasteiger charge is -2.33. The van der Waals surface area contributed by atoms with Gasteiger partial charge in [0.2, 0.25) is 10.0 Å². The van der Waals surface area contributed by atoms with Crippen molar-refractivity contribution in [2.45, 2.75) is 56.4 Å². The van der Waals surface area contributed by atoms with E-state index in [0.29, 0.717) is 44.5 Å². The van der Waals surface area contributed by atoms with Crippen LogP contribution in [0.15, 0.2) is 23.1 Å². The van der Waals surface area contributed by atoms with Crippen LogP contribution in [0.3, 0.4) is 0 Å². The molecule has 0 aromatic heterocycles. The van der Waals surface area contributed by atoms with Gasteiger partial charge in [-0.25, -0.2) is 8.42 Å². The molecule has 3 heterocycles. The topological polar surface area (TPSA) is 82.2 Å². The first kappa shape index (κ1) is 24.4. The highest BCUT2D eigenvalue weighted by Gasteiger charge is 2.29. The first-order chi connectivity index (χ1) is 16.0. The normalized spacial score (nSPS) is 23.1. The Kier molecular flexibility index (Phi) is 8.27. The summed E-state index contributed by atoms with van der Waals surface area (Å²) in [5.74, 6) is -0.192. The van der Waals surface area contributed by atoms with E-state index in [4.69, 9.17) is 4.74 Å². The predicted octanol–water partition coefficient (Wildman–Crippen LogP) is 2.30. The molecule has 8 nitrogen and oxygen atoms in total. The average Bonchev–Trinajstić information content (AvgIpc) is 3.38. The van der Waals surface area contributed by atoms with Crippen molar-refractivity contribution in [1.82, 2.24) is 14.5 Å². The lowest BCUT2D eigenvalue weighted by molar-refractivity contribution is 0.0730. The summed E-state index contributed by atoms with van der Waals surface area (Å²) in [6, 6.07) is 5.63. The molecule has 33 heavy (non-hydrogen) atoms. The van der Waals surface area contributed by atoms with Crippen LogP contribution in [-0.4, -0.2) is 88.6 Å². The van der Waals surface area contributed by atoms with Crippen LogP contribution in [0.25, 0.3) is 0 Å². The van der Waals surface area contributed by atoms with Crippen LogP contribution >= 0.6 is 0 Å². The third-order valence-corrected chi connectivity index (χ3v) is 9.01. The number of nitrogens with zero attached hydrogens (tertiary/aromatic N) is 3. The van der Waals surface area contributed by atoms with E-state index in [1.165, 1.54) is 23.6 Å². The highest BCUT2D eigenvalue weighted by atomic mass is 32.2. The molecule has 9 heteroatoms. The van der Waals surface area contributed by atoms with Gasteiger partial charge in [-0.1, -0.05) is 6.42 Å². The molecule has 1 aromatic rings. The Hall–Kier alpha value is -1.68. The van der Waals surface area contributed by atoms with Crippen LogP contribution in [0, 0.1) is 0 Å². The average molecular weight is 479 g/mol. The third-order valence-electron chi connectivity index (χ3n) is 7.12. The molecule has 4 rings (SSSR count). The Balaban J connectivity index is 1.46. The second-order valence-electron chi connectivity index (χ2n) is 9.38. The van der Waals surface area contributed by atoms with E-state index >= 15 is 0 Å². The summed E-state index contributed by atoms with van der Waals surface area (Å²) in [5, 5.41) is 3.05. The number of rotatable bonds is 8. The lowest BCUT2D eigenvalue weighted by Crippen LogP contribution is -2.40. The fraction of sp³-hybridized carbons (Fsp3) is 0.708. The van der Waals surface area contributed by atoms with Crippen molar-refractivity contribution in [3.8, 4) is 0 Å². The molecule has 1 aromatic carbocycles. The third kappa shape index (κ3) is 5.88. The van der Waals surface area contributed by atoms with Crippen LogP contribution in [0.2, 0.25) is 0 Å². The highest BCUT2D eigenvalue weighted by Crippen LogP contribution is 2.29. The van der Waals surface area contributed by atoms with Gasteiger partial charge >= 0.3 is 0 Å². The van der Waals surface area contributed by atoms with E-state index in [-0.39, 0.29) is 10.8 Å². The van der Waals surface area contributed by atoms with Crippen molar-refractivity contribution < 1.29 is 17.9 Å². The largest absolute Gasteiger partial charge is 0.379 e. The van der Waals surface area contributed by atoms with Crippen molar-refractivity contribution >= 4 is 21.6 Å². The number of carbonyl (C=O) groups excluding carboxylic acids is 1. The number of sulfonamides is 1. The quantitative estimate of drug-likeness (QED) is 0.578. The number of hydrogen-bond donors (Lipinski definition) is 1. The SMILES string of the molecule is CC1CCCCN1CCCNC(=O)c1cc(S(=O)(=O)N2CCOCC2)ccc1N1CCCC1. The van der Waals surface area contributed by atoms with Crippen LogP contribution in [0.1, 0.15) is 55.8 Å². The molecular formula is C24H38N4O4S. The molecule has 3 aliphatic rings. The molecule has 0 saturated carbocycles. The summed E-state index contributed by atoms with van der Waals surface area (Å²) in [4.78, 5) is 18.1. The molecule has 1 N–H and O–H groups in total. The van der Waals surface area contributed by atoms with Gasteiger partial charge in [0, 0.05) is 51.0 Å². The molecular weight excluding hydrogens is 440 g/mol. The maximum absolute atomic E-state index is 13.2. The molecule has 3 aliphatic heterocycles. The minimum absolute atomic E-state index is 0.180. The van der Waals surface area contributed by atoms with Crippen LogP contribution in [-0.2, 0) is 14.8 Å². The first-order valence-corrected chi connectivity index (χ1v) is 13.9. The monoisotopic (exact) mass is 478 g/mol. The number of amides is 1. The zero-order chi connectivity index (χ0) is 23.3. The summed E-state index contributed by atoms with van der Waals surface area (Å²) in [7, 11) is -3.66. The van der Waals surface area contributed by atoms with Gasteiger partial charge in [0.25, 0.3) is 5.91 Å². The molecule has 0 bridgehead atoms. The van der Waals surface area contributed by atoms with Crippen LogP contribution in [0.5, 0.6) is 0 Å². The fourth-order valence-corrected chi connectivity index (χ4v) is 6.53. The number of carbonyl (C=O) groups is 1. The van der Waals surface area contributed by atoms with Gasteiger partial charge in [0.15, 0.2) is 0 Å². The summed E-state index contributed by atoms with van der Waals surface area (Å²) >= 11 is 0. The van der Waals surface area contributed by atoms with Crippen molar-refractivity contribution in [2.24, 2.45) is 0 Å². The second-order valence-corrected chi connectivity index (χ2v) is 11.3. The van der Waals surface area contributed by atoms with Crippen molar-refractivity contribution in [2.75, 3.05) is 63.9 Å². The molecule has 184 valence electrons. The van der Waals surface area contributed by atoms with Crippen LogP contribution in [0.4, 0.5) is 5.69 Å². The summed E-state index contributed by atoms with van der Waals surface area (Å²) in [6.07, 6.45) is 6.86. The van der Waals surface area contributed by atoms with Gasteiger partial charge in [0.05, 0.1) is 23.7 Å². The number of hydrogen-bond acceptors (Lipinski definition) is 6. The lowest BCUT2D eigenvalue weighted by atomic mass is 10.0. The van der Waals surface area contributed by atoms with E-state index in [2.05, 4.69) is 22.0 Å². The van der Waals surface area contributed by atoms with Gasteiger partial charge < -0.3 is 19.9 Å². The number of ether oxygens (including phenoxy) is 1. The number of likely N-dealkylation sites (tertiary alicyclic amines) is 1. The smallest absolute Gasteiger partial charge is 0.253 e. The molecule has 1 amide bonds. The Morgan fingerprint density at radius 2 is 1.79 bits per heavy atom. The van der Waals surface area contributed by atoms with E-state index in [1.54, 1.807) is 12.1 Å². The van der Waals surface area contributed by atoms with Gasteiger partial charge in [0.1, 0.15) is 0 Å². The number of benzene rings is 1. The maximum Gasteiger partial charge on any atom is 0.253 e. The Labute approximate surface area is 198 Å². The van der Waals surface area contributed by atoms with E-state index in [1.807, 2.05) is 6.07 Å². The number of nitrogens with one attached hydrogen (secondary N) is 1. The molecule has 3 saturated heterocycles. The summed E-state index contributed by atoms with van der Waals surface area (Å²) in [5.41, 5.74) is 1.29. The fourth-order valence-electron chi connectivity index (χ4n) is 5.10. The van der Waals surface area contributed by atoms with Crippen LogP contribution < -0.4 is 10.2 Å². The van der Waals surface area contributed by atoms with Gasteiger partial charge in [-0.2, -0.15) is 4.31 Å². The maximum atomic E-state index is 13.2. The van der Waals surface area contributed by atoms with Crippen molar-refractivity contribution in [1.29, 1.82) is 0 Å². The summed E-state index contributed by atoms with van der Waals surface area (Å²) in [6.45, 7) is 8.23. The van der Waals surface area contributed by atoms with Gasteiger partial charge in [-0.3, -0.25) is 4.79 Å². The minimum atomic E-state index is -3.66. The zero-order valence-corrected chi connectivity index (χ0v) is 20.6. The minimum Gasteiger partial charge on any atom is -0.379 e. The molecule has 1 atom stereocenters. The Morgan fingerprint density at radius 3 is 2.52 bits per heavy atom. The second kappa shape index (κ2) is 11.2. The summed E-state index contributed by atoms with van der Waals surface area (Å²) < 4.78 is 33.1. The van der Waals surface area contributed by atoms with Gasteiger partial charge in [-0.15, -0.1) is 0 Å².